The number of hydrogen-bond donors (Lipinski definition) is 3. The van der Waals surface area contributed by atoms with Gasteiger partial charge in [0.2, 0.25) is 12.1 Å². The van der Waals surface area contributed by atoms with Gasteiger partial charge in [0, 0.05) is 29.3 Å². The van der Waals surface area contributed by atoms with Crippen molar-refractivity contribution in [2.75, 3.05) is 23.0 Å². The van der Waals surface area contributed by atoms with Crippen LogP contribution < -0.4 is 20.9 Å². The fourth-order valence-electron chi connectivity index (χ4n) is 3.81. The molecule has 40 heavy (non-hydrogen) atoms. The predicted octanol–water partition coefficient (Wildman–Crippen LogP) is 4.34. The van der Waals surface area contributed by atoms with Crippen molar-refractivity contribution in [2.45, 2.75) is 6.17 Å². The summed E-state index contributed by atoms with van der Waals surface area (Å²) in [6.07, 6.45) is -1.07. The lowest BCUT2D eigenvalue weighted by Gasteiger charge is -2.21. The zero-order valence-corrected chi connectivity index (χ0v) is 23.2. The largest absolute Gasteiger partial charge is 0.342 e. The van der Waals surface area contributed by atoms with Crippen molar-refractivity contribution in [2.24, 2.45) is 4.99 Å². The molecule has 14 heteroatoms. The third kappa shape index (κ3) is 6.81. The van der Waals surface area contributed by atoms with Crippen molar-refractivity contribution >= 4 is 80.5 Å². The lowest BCUT2D eigenvalue weighted by Crippen LogP contribution is -2.45. The van der Waals surface area contributed by atoms with Crippen LogP contribution >= 0.6 is 35.6 Å². The number of fused-ring (bicyclic) bond motifs is 1. The summed E-state index contributed by atoms with van der Waals surface area (Å²) in [6, 6.07) is 19.5. The number of anilines is 2. The fourth-order valence-corrected chi connectivity index (χ4v) is 4.80. The first-order valence-corrected chi connectivity index (χ1v) is 13.4. The number of nitro benzene ring substituents is 1. The number of nitrogens with one attached hydrogen (secondary N) is 3. The first kappa shape index (κ1) is 28.7. The van der Waals surface area contributed by atoms with Crippen molar-refractivity contribution < 1.29 is 19.3 Å². The number of amides is 4. The second kappa shape index (κ2) is 12.7. The Morgan fingerprint density at radius 2 is 1.82 bits per heavy atom. The number of carbonyl (C=O) groups excluding carboxylic acids is 3. The first-order valence-electron chi connectivity index (χ1n) is 11.6. The van der Waals surface area contributed by atoms with Gasteiger partial charge in [0.05, 0.1) is 22.1 Å². The van der Waals surface area contributed by atoms with Crippen LogP contribution in [0.2, 0.25) is 5.02 Å². The van der Waals surface area contributed by atoms with E-state index in [1.165, 1.54) is 17.0 Å². The Kier molecular flexibility index (Phi) is 9.09. The molecular weight excluding hydrogens is 576 g/mol. The third-order valence-electron chi connectivity index (χ3n) is 5.64. The summed E-state index contributed by atoms with van der Waals surface area (Å²) < 4.78 is 0.106. The number of urea groups is 1. The summed E-state index contributed by atoms with van der Waals surface area (Å²) in [4.78, 5) is 54.5. The number of benzene rings is 3. The Morgan fingerprint density at radius 1 is 1.12 bits per heavy atom. The van der Waals surface area contributed by atoms with Crippen LogP contribution in [0.15, 0.2) is 77.8 Å². The summed E-state index contributed by atoms with van der Waals surface area (Å²) in [7, 11) is 1.64. The van der Waals surface area contributed by atoms with E-state index in [2.05, 4.69) is 16.0 Å². The number of halogens is 1. The Hall–Kier alpha value is -4.33. The second-order valence-electron chi connectivity index (χ2n) is 8.30. The van der Waals surface area contributed by atoms with Crippen molar-refractivity contribution in [1.29, 1.82) is 0 Å². The summed E-state index contributed by atoms with van der Waals surface area (Å²) >= 11 is 12.1. The Bertz CT molecular complexity index is 1530. The Labute approximate surface area is 243 Å². The van der Waals surface area contributed by atoms with Gasteiger partial charge in [-0.05, 0) is 18.2 Å². The molecule has 0 aliphatic carbocycles. The van der Waals surface area contributed by atoms with Crippen LogP contribution in [0.25, 0.3) is 0 Å². The molecule has 1 atom stereocenters. The third-order valence-corrected chi connectivity index (χ3v) is 7.13. The quantitative estimate of drug-likeness (QED) is 0.216. The van der Waals surface area contributed by atoms with E-state index < -0.39 is 23.0 Å². The van der Waals surface area contributed by atoms with Gasteiger partial charge in [-0.3, -0.25) is 25.0 Å². The first-order chi connectivity index (χ1) is 19.1. The van der Waals surface area contributed by atoms with E-state index in [1.807, 2.05) is 54.6 Å². The predicted molar refractivity (Wildman–Crippen MR) is 159 cm³/mol. The monoisotopic (exact) mass is 596 g/mol. The van der Waals surface area contributed by atoms with E-state index in [-0.39, 0.29) is 32.4 Å². The Balaban J connectivity index is 1.41. The smallest absolute Gasteiger partial charge is 0.326 e. The lowest BCUT2D eigenvalue weighted by molar-refractivity contribution is -0.383. The van der Waals surface area contributed by atoms with Gasteiger partial charge in [-0.1, -0.05) is 84.1 Å². The summed E-state index contributed by atoms with van der Waals surface area (Å²) in [6.45, 7) is 0. The minimum Gasteiger partial charge on any atom is -0.342 e. The van der Waals surface area contributed by atoms with Crippen LogP contribution in [0, 0.1) is 10.1 Å². The normalized spacial score (nSPS) is 14.3. The molecule has 11 nitrogen and oxygen atoms in total. The van der Waals surface area contributed by atoms with Gasteiger partial charge in [0.25, 0.3) is 11.6 Å². The molecule has 0 bridgehead atoms. The van der Waals surface area contributed by atoms with Crippen molar-refractivity contribution in [3.8, 4) is 0 Å². The van der Waals surface area contributed by atoms with Gasteiger partial charge >= 0.3 is 6.03 Å². The number of hydrogen-bond acceptors (Lipinski definition) is 8. The number of likely N-dealkylation sites (N-methyl/N-ethyl adjacent to an activating group) is 1. The summed E-state index contributed by atoms with van der Waals surface area (Å²) in [5, 5.41) is 18.5. The van der Waals surface area contributed by atoms with Crippen LogP contribution in [-0.2, 0) is 9.59 Å². The van der Waals surface area contributed by atoms with E-state index in [1.54, 1.807) is 7.05 Å². The number of para-hydroxylation sites is 1. The average molecular weight is 597 g/mol. The zero-order valence-electron chi connectivity index (χ0n) is 20.8. The average Bonchev–Trinajstić information content (AvgIpc) is 3.03. The molecule has 1 aliphatic heterocycles. The Morgan fingerprint density at radius 3 is 2.55 bits per heavy atom. The highest BCUT2D eigenvalue weighted by Crippen LogP contribution is 2.28. The molecule has 4 amide bonds. The number of nitro groups is 1. The highest BCUT2D eigenvalue weighted by Gasteiger charge is 2.30. The van der Waals surface area contributed by atoms with E-state index in [4.69, 9.17) is 28.8 Å². The van der Waals surface area contributed by atoms with E-state index in [0.717, 1.165) is 29.0 Å². The highest BCUT2D eigenvalue weighted by molar-refractivity contribution is 8.23. The lowest BCUT2D eigenvalue weighted by atomic mass is 10.0. The number of imide groups is 1. The molecule has 0 saturated carbocycles. The molecule has 0 fully saturated rings. The van der Waals surface area contributed by atoms with Gasteiger partial charge < -0.3 is 15.5 Å². The molecule has 3 aromatic carbocycles. The minimum atomic E-state index is -1.07. The van der Waals surface area contributed by atoms with E-state index in [0.29, 0.717) is 11.4 Å². The van der Waals surface area contributed by atoms with Crippen molar-refractivity contribution in [1.82, 2.24) is 10.6 Å². The topological polar surface area (TPSA) is 146 Å². The van der Waals surface area contributed by atoms with Gasteiger partial charge in [-0.2, -0.15) is 0 Å². The molecular formula is C26H21ClN6O5S2. The van der Waals surface area contributed by atoms with Crippen LogP contribution in [0.5, 0.6) is 0 Å². The second-order valence-corrected chi connectivity index (χ2v) is 10.4. The van der Waals surface area contributed by atoms with Gasteiger partial charge in [0.15, 0.2) is 0 Å². The molecule has 1 heterocycles. The maximum absolute atomic E-state index is 13.3. The maximum Gasteiger partial charge on any atom is 0.326 e. The number of aliphatic imine (C=N–C) groups is 1. The number of thiocarbonyl (C=S) groups is 1. The van der Waals surface area contributed by atoms with Gasteiger partial charge in [0.1, 0.15) is 10.0 Å². The molecule has 204 valence electrons. The van der Waals surface area contributed by atoms with Gasteiger partial charge in [-0.25, -0.2) is 9.79 Å². The van der Waals surface area contributed by atoms with Crippen molar-refractivity contribution in [3.63, 3.8) is 0 Å². The van der Waals surface area contributed by atoms with Crippen LogP contribution in [-0.4, -0.2) is 51.8 Å². The van der Waals surface area contributed by atoms with Crippen LogP contribution in [0.1, 0.15) is 11.1 Å². The fraction of sp³-hybridized carbons (Fsp3) is 0.115. The van der Waals surface area contributed by atoms with E-state index >= 15 is 0 Å². The molecule has 0 radical (unpaired) electrons. The molecule has 0 spiro atoms. The molecule has 0 aromatic heterocycles. The number of thioether (sulfide) groups is 1. The number of nitrogens with zero attached hydrogens (tertiary/aromatic N) is 3. The highest BCUT2D eigenvalue weighted by atomic mass is 35.5. The summed E-state index contributed by atoms with van der Waals surface area (Å²) in [5.41, 5.74) is 2.32. The summed E-state index contributed by atoms with van der Waals surface area (Å²) in [5.74, 6) is -1.35. The van der Waals surface area contributed by atoms with Crippen LogP contribution in [0.4, 0.5) is 21.9 Å². The van der Waals surface area contributed by atoms with Crippen molar-refractivity contribution in [3.05, 3.63) is 99.1 Å². The van der Waals surface area contributed by atoms with Gasteiger partial charge in [-0.15, -0.1) is 0 Å². The molecule has 3 N–H and O–H groups in total. The molecule has 3 aromatic rings. The molecule has 0 unspecified atom stereocenters. The number of carbonyl (C=O) groups is 3. The molecule has 1 aliphatic rings. The maximum atomic E-state index is 13.3. The molecule has 0 saturated heterocycles. The molecule has 4 rings (SSSR count). The zero-order chi connectivity index (χ0) is 28.8. The SMILES string of the molecule is CN1C(=O)[C@H](NC(=S)SCC(=O)NC(=O)Nc2cc(Cl)ccc2[N+](=O)[O-])N=C(c2ccccc2)c2ccccc21. The van der Waals surface area contributed by atoms with E-state index in [9.17, 15) is 24.5 Å². The number of rotatable bonds is 6. The number of benzodiazepines with no additional fused rings is 1. The van der Waals surface area contributed by atoms with Crippen LogP contribution in [0.3, 0.4) is 0 Å². The minimum absolute atomic E-state index is 0.106. The standard InChI is InChI=1S/C26H21ClN6O5S2/c1-32-19-10-6-5-9-17(19)22(15-7-3-2-4-8-15)30-23(24(32)35)31-26(39)40-14-21(34)29-25(36)28-18-13-16(27)11-12-20(18)33(37)38/h2-13,23H,14H2,1H3,(H,31,39)(H2,28,29,34,36)/t23-/m0/s1.